The van der Waals surface area contributed by atoms with Crippen LogP contribution in [0.5, 0.6) is 0 Å². The van der Waals surface area contributed by atoms with Gasteiger partial charge in [0.2, 0.25) is 0 Å². The number of halogens is 5. The van der Waals surface area contributed by atoms with E-state index in [-0.39, 0.29) is 6.54 Å². The highest BCUT2D eigenvalue weighted by Crippen LogP contribution is 2.26. The molecule has 1 nitrogen and oxygen atoms in total. The van der Waals surface area contributed by atoms with Crippen LogP contribution in [0.4, 0.5) is 27.6 Å². The lowest BCUT2D eigenvalue weighted by Gasteiger charge is -2.22. The van der Waals surface area contributed by atoms with Crippen molar-refractivity contribution in [2.75, 3.05) is 18.2 Å². The van der Waals surface area contributed by atoms with Crippen molar-refractivity contribution in [2.24, 2.45) is 0 Å². The molecule has 1 rings (SSSR count). The lowest BCUT2D eigenvalue weighted by atomic mass is 10.1. The minimum Gasteiger partial charge on any atom is -0.342 e. The molecule has 1 aromatic carbocycles. The third kappa shape index (κ3) is 5.14. The molecule has 0 saturated heterocycles. The van der Waals surface area contributed by atoms with Gasteiger partial charge >= 0.3 is 0 Å². The third-order valence-electron chi connectivity index (χ3n) is 3.60. The number of benzene rings is 1. The number of nitrogens with zero attached hydrogens (tertiary/aromatic N) is 1. The lowest BCUT2D eigenvalue weighted by Crippen LogP contribution is -2.25. The molecule has 0 atom stereocenters. The minimum absolute atomic E-state index is 0.131. The van der Waals surface area contributed by atoms with Crippen molar-refractivity contribution in [3.8, 4) is 0 Å². The molecular weight excluding hydrogens is 301 g/mol. The summed E-state index contributed by atoms with van der Waals surface area (Å²) in [6.07, 6.45) is 6.94. The number of alkyl halides is 1. The van der Waals surface area contributed by atoms with E-state index in [4.69, 9.17) is 0 Å². The van der Waals surface area contributed by atoms with Crippen LogP contribution in [0.3, 0.4) is 0 Å². The van der Waals surface area contributed by atoms with Gasteiger partial charge in [-0.1, -0.05) is 45.4 Å². The van der Waals surface area contributed by atoms with Gasteiger partial charge in [0.1, 0.15) is 0 Å². The highest BCUT2D eigenvalue weighted by atomic mass is 19.2. The molecule has 22 heavy (non-hydrogen) atoms. The van der Waals surface area contributed by atoms with Gasteiger partial charge < -0.3 is 4.90 Å². The summed E-state index contributed by atoms with van der Waals surface area (Å²) < 4.78 is 65.8. The lowest BCUT2D eigenvalue weighted by molar-refractivity contribution is 0.402. The second-order valence-corrected chi connectivity index (χ2v) is 5.32. The first kappa shape index (κ1) is 18.7. The summed E-state index contributed by atoms with van der Waals surface area (Å²) in [5.74, 6) is -6.87. The summed E-state index contributed by atoms with van der Waals surface area (Å²) in [6, 6.07) is 0.495. The topological polar surface area (TPSA) is 3.24 Å². The highest BCUT2D eigenvalue weighted by Gasteiger charge is 2.22. The number of unbranched alkanes of at least 4 members (excludes halogenated alkanes) is 6. The third-order valence-corrected chi connectivity index (χ3v) is 3.60. The van der Waals surface area contributed by atoms with E-state index in [0.29, 0.717) is 12.5 Å². The molecule has 0 aliphatic rings. The Bertz CT molecular complexity index is 464. The molecule has 0 aromatic heterocycles. The van der Waals surface area contributed by atoms with Crippen molar-refractivity contribution >= 4 is 5.69 Å². The molecule has 0 radical (unpaired) electrons. The zero-order valence-corrected chi connectivity index (χ0v) is 12.8. The van der Waals surface area contributed by atoms with E-state index in [1.165, 1.54) is 6.42 Å². The van der Waals surface area contributed by atoms with Crippen LogP contribution >= 0.6 is 0 Å². The van der Waals surface area contributed by atoms with Crippen LogP contribution in [0.25, 0.3) is 0 Å². The first-order valence-electron chi connectivity index (χ1n) is 7.66. The SMILES string of the molecule is CCCCCCCCCN(CF)c1cc(F)c(F)c(F)c1F. The Hall–Kier alpha value is -1.33. The summed E-state index contributed by atoms with van der Waals surface area (Å²) in [4.78, 5) is 0.882. The molecule has 0 bridgehead atoms. The van der Waals surface area contributed by atoms with Crippen LogP contribution in [-0.2, 0) is 0 Å². The Labute approximate surface area is 128 Å². The monoisotopic (exact) mass is 323 g/mol. The molecule has 1 aromatic rings. The van der Waals surface area contributed by atoms with Gasteiger partial charge in [0.25, 0.3) is 0 Å². The van der Waals surface area contributed by atoms with Gasteiger partial charge in [0.05, 0.1) is 5.69 Å². The number of hydrogen-bond donors (Lipinski definition) is 0. The van der Waals surface area contributed by atoms with Gasteiger partial charge in [0, 0.05) is 12.6 Å². The Morgan fingerprint density at radius 3 is 2.00 bits per heavy atom. The number of rotatable bonds is 10. The standard InChI is InChI=1S/C16H22F5N/c1-2-3-4-5-6-7-8-9-22(11-17)13-10-12(18)14(19)16(21)15(13)20/h10H,2-9,11H2,1H3. The van der Waals surface area contributed by atoms with E-state index >= 15 is 0 Å². The van der Waals surface area contributed by atoms with E-state index < -0.39 is 35.8 Å². The zero-order chi connectivity index (χ0) is 16.5. The average molecular weight is 323 g/mol. The van der Waals surface area contributed by atoms with Crippen LogP contribution in [-0.4, -0.2) is 13.3 Å². The fourth-order valence-corrected chi connectivity index (χ4v) is 2.29. The van der Waals surface area contributed by atoms with Crippen LogP contribution in [0, 0.1) is 23.3 Å². The minimum atomic E-state index is -1.91. The first-order valence-corrected chi connectivity index (χ1v) is 7.66. The summed E-state index contributed by atoms with van der Waals surface area (Å²) in [5.41, 5.74) is -0.579. The molecule has 0 aliphatic heterocycles. The molecule has 0 amide bonds. The van der Waals surface area contributed by atoms with Gasteiger partial charge in [-0.05, 0) is 6.42 Å². The maximum absolute atomic E-state index is 13.6. The van der Waals surface area contributed by atoms with Crippen molar-refractivity contribution in [1.29, 1.82) is 0 Å². The van der Waals surface area contributed by atoms with E-state index in [1.807, 2.05) is 0 Å². The molecule has 0 aliphatic carbocycles. The zero-order valence-electron chi connectivity index (χ0n) is 12.8. The number of anilines is 1. The molecule has 0 unspecified atom stereocenters. The van der Waals surface area contributed by atoms with Gasteiger partial charge in [-0.3, -0.25) is 0 Å². The summed E-state index contributed by atoms with van der Waals surface area (Å²) in [6.45, 7) is 1.16. The number of hydrogen-bond acceptors (Lipinski definition) is 1. The quantitative estimate of drug-likeness (QED) is 0.175. The average Bonchev–Trinajstić information content (AvgIpc) is 2.52. The van der Waals surface area contributed by atoms with Crippen LogP contribution in [0.15, 0.2) is 6.07 Å². The summed E-state index contributed by atoms with van der Waals surface area (Å²) in [7, 11) is 0. The fraction of sp³-hybridized carbons (Fsp3) is 0.625. The second kappa shape index (κ2) is 9.64. The van der Waals surface area contributed by atoms with Crippen LogP contribution in [0.1, 0.15) is 51.9 Å². The van der Waals surface area contributed by atoms with Gasteiger partial charge in [-0.2, -0.15) is 0 Å². The van der Waals surface area contributed by atoms with Crippen LogP contribution in [0.2, 0.25) is 0 Å². The van der Waals surface area contributed by atoms with E-state index in [1.54, 1.807) is 0 Å². The maximum atomic E-state index is 13.6. The summed E-state index contributed by atoms with van der Waals surface area (Å²) in [5, 5.41) is 0. The van der Waals surface area contributed by atoms with Crippen molar-refractivity contribution in [1.82, 2.24) is 0 Å². The second-order valence-electron chi connectivity index (χ2n) is 5.32. The van der Waals surface area contributed by atoms with Crippen molar-refractivity contribution in [2.45, 2.75) is 51.9 Å². The molecule has 0 spiro atoms. The predicted octanol–water partition coefficient (Wildman–Crippen LogP) is 5.73. The van der Waals surface area contributed by atoms with Crippen molar-refractivity contribution in [3.63, 3.8) is 0 Å². The first-order chi connectivity index (χ1) is 10.5. The van der Waals surface area contributed by atoms with Crippen molar-refractivity contribution < 1.29 is 22.0 Å². The smallest absolute Gasteiger partial charge is 0.199 e. The summed E-state index contributed by atoms with van der Waals surface area (Å²) >= 11 is 0. The maximum Gasteiger partial charge on any atom is 0.199 e. The molecule has 0 N–H and O–H groups in total. The largest absolute Gasteiger partial charge is 0.342 e. The molecular formula is C16H22F5N. The Morgan fingerprint density at radius 2 is 1.41 bits per heavy atom. The molecule has 0 saturated carbocycles. The fourth-order valence-electron chi connectivity index (χ4n) is 2.29. The Balaban J connectivity index is 2.55. The predicted molar refractivity (Wildman–Crippen MR) is 77.6 cm³/mol. The Morgan fingerprint density at radius 1 is 0.818 bits per heavy atom. The van der Waals surface area contributed by atoms with Gasteiger partial charge in [0.15, 0.2) is 30.1 Å². The normalized spacial score (nSPS) is 11.0. The molecule has 126 valence electrons. The highest BCUT2D eigenvalue weighted by molar-refractivity contribution is 5.48. The van der Waals surface area contributed by atoms with E-state index in [2.05, 4.69) is 6.92 Å². The molecule has 0 fully saturated rings. The van der Waals surface area contributed by atoms with Crippen molar-refractivity contribution in [3.05, 3.63) is 29.3 Å². The molecule has 0 heterocycles. The van der Waals surface area contributed by atoms with Gasteiger partial charge in [-0.25, -0.2) is 22.0 Å². The molecule has 6 heteroatoms. The van der Waals surface area contributed by atoms with Crippen LogP contribution < -0.4 is 4.90 Å². The Kier molecular flexibility index (Phi) is 8.20. The van der Waals surface area contributed by atoms with E-state index in [0.717, 1.165) is 37.0 Å². The van der Waals surface area contributed by atoms with E-state index in [9.17, 15) is 22.0 Å². The van der Waals surface area contributed by atoms with Gasteiger partial charge in [-0.15, -0.1) is 0 Å².